The van der Waals surface area contributed by atoms with E-state index in [0.29, 0.717) is 24.2 Å². The summed E-state index contributed by atoms with van der Waals surface area (Å²) in [6.45, 7) is 2.49. The van der Waals surface area contributed by atoms with Gasteiger partial charge in [0.05, 0.1) is 11.0 Å². The number of benzene rings is 1. The summed E-state index contributed by atoms with van der Waals surface area (Å²) in [5, 5.41) is 14.0. The quantitative estimate of drug-likeness (QED) is 0.653. The molecule has 2 amide bonds. The minimum atomic E-state index is -0.416. The molecule has 2 heterocycles. The Morgan fingerprint density at radius 2 is 2.32 bits per heavy atom. The smallest absolute Gasteiger partial charge is 0.322 e. The van der Waals surface area contributed by atoms with Gasteiger partial charge in [-0.15, -0.1) is 0 Å². The maximum Gasteiger partial charge on any atom is 0.322 e. The van der Waals surface area contributed by atoms with Crippen molar-refractivity contribution in [1.29, 1.82) is 0 Å². The number of anilines is 1. The van der Waals surface area contributed by atoms with Gasteiger partial charge >= 0.3 is 6.03 Å². The number of nitro benzene ring substituents is 1. The number of urea groups is 1. The second-order valence-electron chi connectivity index (χ2n) is 6.06. The fraction of sp³-hybridized carbons (Fsp3) is 0.412. The van der Waals surface area contributed by atoms with Gasteiger partial charge in [0.15, 0.2) is 0 Å². The maximum absolute atomic E-state index is 12.7. The summed E-state index contributed by atoms with van der Waals surface area (Å²) in [5.74, 6) is 0.766. The lowest BCUT2D eigenvalue weighted by molar-refractivity contribution is -0.385. The number of amides is 2. The van der Waals surface area contributed by atoms with E-state index in [0.717, 1.165) is 25.1 Å². The Labute approximate surface area is 145 Å². The second kappa shape index (κ2) is 7.33. The summed E-state index contributed by atoms with van der Waals surface area (Å²) in [7, 11) is 0. The number of nitrogens with one attached hydrogen (secondary N) is 2. The van der Waals surface area contributed by atoms with Gasteiger partial charge in [-0.25, -0.2) is 9.78 Å². The highest BCUT2D eigenvalue weighted by atomic mass is 16.6. The van der Waals surface area contributed by atoms with Crippen LogP contribution >= 0.6 is 0 Å². The van der Waals surface area contributed by atoms with Crippen molar-refractivity contribution in [3.63, 3.8) is 0 Å². The predicted octanol–water partition coefficient (Wildman–Crippen LogP) is 3.64. The van der Waals surface area contributed by atoms with Crippen molar-refractivity contribution in [2.24, 2.45) is 0 Å². The van der Waals surface area contributed by atoms with Gasteiger partial charge < -0.3 is 15.2 Å². The molecule has 1 aliphatic rings. The largest absolute Gasteiger partial charge is 0.347 e. The van der Waals surface area contributed by atoms with Crippen LogP contribution in [0.1, 0.15) is 43.6 Å². The van der Waals surface area contributed by atoms with Crippen molar-refractivity contribution in [3.05, 3.63) is 52.1 Å². The number of H-pyrrole nitrogens is 1. The molecule has 0 radical (unpaired) electrons. The molecular formula is C17H21N5O3. The van der Waals surface area contributed by atoms with Crippen molar-refractivity contribution in [2.75, 3.05) is 11.9 Å². The molecule has 1 fully saturated rings. The van der Waals surface area contributed by atoms with Gasteiger partial charge in [0.25, 0.3) is 5.69 Å². The van der Waals surface area contributed by atoms with Crippen LogP contribution in [0, 0.1) is 10.1 Å². The van der Waals surface area contributed by atoms with Crippen molar-refractivity contribution in [2.45, 2.75) is 38.6 Å². The minimum Gasteiger partial charge on any atom is -0.347 e. The summed E-state index contributed by atoms with van der Waals surface area (Å²) in [6, 6.07) is 4.44. The van der Waals surface area contributed by atoms with Gasteiger partial charge in [0.2, 0.25) is 0 Å². The third kappa shape index (κ3) is 3.62. The second-order valence-corrected chi connectivity index (χ2v) is 6.06. The molecule has 1 atom stereocenters. The molecule has 1 saturated heterocycles. The number of rotatable bonds is 4. The Morgan fingerprint density at radius 1 is 1.48 bits per heavy atom. The van der Waals surface area contributed by atoms with Crippen LogP contribution in [0.2, 0.25) is 0 Å². The monoisotopic (exact) mass is 343 g/mol. The van der Waals surface area contributed by atoms with Crippen LogP contribution in [-0.2, 0) is 6.42 Å². The van der Waals surface area contributed by atoms with E-state index in [9.17, 15) is 14.9 Å². The number of aromatic amines is 1. The molecular weight excluding hydrogens is 322 g/mol. The van der Waals surface area contributed by atoms with E-state index in [1.807, 2.05) is 6.92 Å². The van der Waals surface area contributed by atoms with Crippen LogP contribution in [0.4, 0.5) is 16.2 Å². The molecule has 8 nitrogen and oxygen atoms in total. The number of aryl methyl sites for hydroxylation is 1. The van der Waals surface area contributed by atoms with Crippen molar-refractivity contribution < 1.29 is 9.72 Å². The lowest BCUT2D eigenvalue weighted by Gasteiger charge is -2.34. The molecule has 0 saturated carbocycles. The Hall–Kier alpha value is -2.90. The molecule has 2 aromatic rings. The zero-order valence-corrected chi connectivity index (χ0v) is 14.1. The van der Waals surface area contributed by atoms with Gasteiger partial charge in [-0.05, 0) is 31.7 Å². The average molecular weight is 343 g/mol. The van der Waals surface area contributed by atoms with E-state index in [4.69, 9.17) is 0 Å². The van der Waals surface area contributed by atoms with Gasteiger partial charge in [-0.2, -0.15) is 0 Å². The molecule has 1 unspecified atom stereocenters. The lowest BCUT2D eigenvalue weighted by Crippen LogP contribution is -2.41. The number of carbonyl (C=O) groups excluding carboxylic acids is 1. The lowest BCUT2D eigenvalue weighted by atomic mass is 10.0. The number of hydrogen-bond acceptors (Lipinski definition) is 4. The van der Waals surface area contributed by atoms with Gasteiger partial charge in [-0.3, -0.25) is 10.1 Å². The molecule has 25 heavy (non-hydrogen) atoms. The number of nitro groups is 1. The first-order valence-electron chi connectivity index (χ1n) is 8.44. The molecule has 3 rings (SSSR count). The number of imidazole rings is 1. The van der Waals surface area contributed by atoms with E-state index in [2.05, 4.69) is 15.3 Å². The van der Waals surface area contributed by atoms with Crippen molar-refractivity contribution >= 4 is 17.4 Å². The first-order valence-corrected chi connectivity index (χ1v) is 8.44. The predicted molar refractivity (Wildman–Crippen MR) is 93.4 cm³/mol. The fourth-order valence-corrected chi connectivity index (χ4v) is 3.22. The molecule has 0 aliphatic carbocycles. The standard InChI is InChI=1S/C17H21N5O3/c1-2-12-6-7-13(11-15(12)22(24)25)20-17(23)21-10-4-3-5-14(21)16-18-8-9-19-16/h6-9,11,14H,2-5,10H2,1H3,(H,18,19)(H,20,23). The first-order chi connectivity index (χ1) is 12.1. The first kappa shape index (κ1) is 16.9. The number of aromatic nitrogens is 2. The number of carbonyl (C=O) groups is 1. The number of piperidine rings is 1. The number of nitrogens with zero attached hydrogens (tertiary/aromatic N) is 3. The van der Waals surface area contributed by atoms with E-state index in [-0.39, 0.29) is 17.8 Å². The molecule has 1 aromatic heterocycles. The summed E-state index contributed by atoms with van der Waals surface area (Å²) in [6.07, 6.45) is 6.79. The number of likely N-dealkylation sites (tertiary alicyclic amines) is 1. The highest BCUT2D eigenvalue weighted by molar-refractivity contribution is 5.90. The van der Waals surface area contributed by atoms with E-state index >= 15 is 0 Å². The minimum absolute atomic E-state index is 0.0292. The third-order valence-electron chi connectivity index (χ3n) is 4.51. The van der Waals surface area contributed by atoms with Crippen LogP contribution in [0.15, 0.2) is 30.6 Å². The molecule has 1 aromatic carbocycles. The summed E-state index contributed by atoms with van der Waals surface area (Å²) in [5.41, 5.74) is 1.11. The van der Waals surface area contributed by atoms with Gasteiger partial charge in [0, 0.05) is 36.3 Å². The highest BCUT2D eigenvalue weighted by Crippen LogP contribution is 2.30. The van der Waals surface area contributed by atoms with E-state index in [1.54, 1.807) is 29.4 Å². The maximum atomic E-state index is 12.7. The molecule has 1 aliphatic heterocycles. The van der Waals surface area contributed by atoms with Crippen LogP contribution in [-0.4, -0.2) is 32.4 Å². The van der Waals surface area contributed by atoms with E-state index < -0.39 is 4.92 Å². The Bertz CT molecular complexity index is 760. The molecule has 8 heteroatoms. The Morgan fingerprint density at radius 3 is 3.00 bits per heavy atom. The Balaban J connectivity index is 1.79. The van der Waals surface area contributed by atoms with Crippen LogP contribution in [0.25, 0.3) is 0 Å². The summed E-state index contributed by atoms with van der Waals surface area (Å²) < 4.78 is 0. The average Bonchev–Trinajstić information content (AvgIpc) is 3.16. The van der Waals surface area contributed by atoms with Crippen LogP contribution in [0.5, 0.6) is 0 Å². The Kier molecular flexibility index (Phi) is 4.97. The fourth-order valence-electron chi connectivity index (χ4n) is 3.22. The van der Waals surface area contributed by atoms with E-state index in [1.165, 1.54) is 6.07 Å². The van der Waals surface area contributed by atoms with Gasteiger partial charge in [0.1, 0.15) is 5.82 Å². The van der Waals surface area contributed by atoms with Gasteiger partial charge in [-0.1, -0.05) is 13.0 Å². The molecule has 0 bridgehead atoms. The summed E-state index contributed by atoms with van der Waals surface area (Å²) in [4.78, 5) is 32.6. The van der Waals surface area contributed by atoms with Crippen LogP contribution in [0.3, 0.4) is 0 Å². The summed E-state index contributed by atoms with van der Waals surface area (Å²) >= 11 is 0. The van der Waals surface area contributed by atoms with Crippen LogP contribution < -0.4 is 5.32 Å². The molecule has 0 spiro atoms. The zero-order chi connectivity index (χ0) is 17.8. The van der Waals surface area contributed by atoms with Crippen molar-refractivity contribution in [1.82, 2.24) is 14.9 Å². The molecule has 2 N–H and O–H groups in total. The SMILES string of the molecule is CCc1ccc(NC(=O)N2CCCCC2c2ncc[nH]2)cc1[N+](=O)[O-]. The van der Waals surface area contributed by atoms with Crippen molar-refractivity contribution in [3.8, 4) is 0 Å². The molecule has 132 valence electrons. The highest BCUT2D eigenvalue weighted by Gasteiger charge is 2.29. The zero-order valence-electron chi connectivity index (χ0n) is 14.1. The topological polar surface area (TPSA) is 104 Å². The number of hydrogen-bond donors (Lipinski definition) is 2. The third-order valence-corrected chi connectivity index (χ3v) is 4.51. The normalized spacial score (nSPS) is 17.3.